The van der Waals surface area contributed by atoms with Gasteiger partial charge >= 0.3 is 0 Å². The molecule has 1 aromatic carbocycles. The van der Waals surface area contributed by atoms with Crippen LogP contribution in [0.2, 0.25) is 0 Å². The summed E-state index contributed by atoms with van der Waals surface area (Å²) < 4.78 is 1.27. The summed E-state index contributed by atoms with van der Waals surface area (Å²) >= 11 is 0. The zero-order chi connectivity index (χ0) is 18.5. The number of pyridine rings is 2. The van der Waals surface area contributed by atoms with Crippen LogP contribution in [0.4, 0.5) is 5.95 Å². The van der Waals surface area contributed by atoms with Crippen LogP contribution in [0.15, 0.2) is 79.4 Å². The van der Waals surface area contributed by atoms with E-state index in [4.69, 9.17) is 0 Å². The lowest BCUT2D eigenvalue weighted by molar-refractivity contribution is 0.0947. The predicted molar refractivity (Wildman–Crippen MR) is 101 cm³/mol. The Labute approximate surface area is 155 Å². The van der Waals surface area contributed by atoms with Crippen molar-refractivity contribution in [3.05, 3.63) is 90.5 Å². The summed E-state index contributed by atoms with van der Waals surface area (Å²) in [6, 6.07) is 16.9. The normalized spacial score (nSPS) is 10.5. The number of carbonyl (C=O) groups excluding carboxylic acids is 1. The Morgan fingerprint density at radius 2 is 1.74 bits per heavy atom. The van der Waals surface area contributed by atoms with Crippen molar-refractivity contribution in [3.63, 3.8) is 0 Å². The molecule has 0 bridgehead atoms. The van der Waals surface area contributed by atoms with Gasteiger partial charge in [0.05, 0.1) is 5.56 Å². The number of hydrogen-bond acceptors (Lipinski definition) is 6. The van der Waals surface area contributed by atoms with E-state index in [2.05, 4.69) is 25.4 Å². The van der Waals surface area contributed by atoms with Gasteiger partial charge in [-0.3, -0.25) is 14.8 Å². The van der Waals surface area contributed by atoms with Crippen LogP contribution in [0.1, 0.15) is 15.9 Å². The van der Waals surface area contributed by atoms with Crippen molar-refractivity contribution in [1.82, 2.24) is 24.7 Å². The SMILES string of the molecule is O=C(c1cccnc1)n1nc(-c2ccncc2)nc1NCc1ccccc1. The molecule has 4 rings (SSSR count). The third-order valence-electron chi connectivity index (χ3n) is 3.94. The van der Waals surface area contributed by atoms with Gasteiger partial charge in [-0.1, -0.05) is 30.3 Å². The van der Waals surface area contributed by atoms with E-state index >= 15 is 0 Å². The van der Waals surface area contributed by atoms with E-state index in [9.17, 15) is 4.79 Å². The average Bonchev–Trinajstić information content (AvgIpc) is 3.18. The largest absolute Gasteiger partial charge is 0.350 e. The van der Waals surface area contributed by atoms with Gasteiger partial charge in [0, 0.05) is 36.9 Å². The maximum atomic E-state index is 12.9. The van der Waals surface area contributed by atoms with Gasteiger partial charge in [-0.2, -0.15) is 9.67 Å². The lowest BCUT2D eigenvalue weighted by Gasteiger charge is -2.07. The molecule has 0 aliphatic heterocycles. The summed E-state index contributed by atoms with van der Waals surface area (Å²) in [5, 5.41) is 7.61. The third-order valence-corrected chi connectivity index (χ3v) is 3.94. The molecule has 7 heteroatoms. The van der Waals surface area contributed by atoms with E-state index in [-0.39, 0.29) is 5.91 Å². The first-order chi connectivity index (χ1) is 13.3. The highest BCUT2D eigenvalue weighted by molar-refractivity contribution is 5.96. The highest BCUT2D eigenvalue weighted by Crippen LogP contribution is 2.18. The molecule has 0 saturated carbocycles. The van der Waals surface area contributed by atoms with Crippen molar-refractivity contribution in [2.75, 3.05) is 5.32 Å². The topological polar surface area (TPSA) is 85.6 Å². The van der Waals surface area contributed by atoms with E-state index in [1.54, 1.807) is 42.9 Å². The van der Waals surface area contributed by atoms with Crippen LogP contribution in [0, 0.1) is 0 Å². The number of nitrogens with zero attached hydrogens (tertiary/aromatic N) is 5. The molecule has 0 fully saturated rings. The summed E-state index contributed by atoms with van der Waals surface area (Å²) in [5.41, 5.74) is 2.29. The molecule has 0 aliphatic rings. The monoisotopic (exact) mass is 356 g/mol. The average molecular weight is 356 g/mol. The number of rotatable bonds is 5. The Morgan fingerprint density at radius 3 is 2.48 bits per heavy atom. The molecule has 132 valence electrons. The number of carbonyl (C=O) groups is 1. The highest BCUT2D eigenvalue weighted by atomic mass is 16.2. The Balaban J connectivity index is 1.69. The Bertz CT molecular complexity index is 1030. The predicted octanol–water partition coefficient (Wildman–Crippen LogP) is 3.04. The molecular weight excluding hydrogens is 340 g/mol. The number of benzene rings is 1. The van der Waals surface area contributed by atoms with Gasteiger partial charge in [0.25, 0.3) is 5.91 Å². The molecule has 0 radical (unpaired) electrons. The lowest BCUT2D eigenvalue weighted by atomic mass is 10.2. The van der Waals surface area contributed by atoms with Crippen molar-refractivity contribution in [3.8, 4) is 11.4 Å². The van der Waals surface area contributed by atoms with E-state index < -0.39 is 0 Å². The first-order valence-electron chi connectivity index (χ1n) is 8.41. The molecule has 0 saturated heterocycles. The van der Waals surface area contributed by atoms with Crippen molar-refractivity contribution in [2.24, 2.45) is 0 Å². The van der Waals surface area contributed by atoms with Crippen LogP contribution in [0.3, 0.4) is 0 Å². The van der Waals surface area contributed by atoms with Gasteiger partial charge < -0.3 is 5.32 Å². The zero-order valence-corrected chi connectivity index (χ0v) is 14.4. The zero-order valence-electron chi connectivity index (χ0n) is 14.4. The molecule has 3 heterocycles. The van der Waals surface area contributed by atoms with Crippen LogP contribution in [0.25, 0.3) is 11.4 Å². The molecule has 27 heavy (non-hydrogen) atoms. The second kappa shape index (κ2) is 7.57. The molecule has 4 aromatic rings. The molecule has 0 unspecified atom stereocenters. The Morgan fingerprint density at radius 1 is 0.926 bits per heavy atom. The van der Waals surface area contributed by atoms with Gasteiger partial charge in [0.15, 0.2) is 5.82 Å². The van der Waals surface area contributed by atoms with Crippen molar-refractivity contribution < 1.29 is 4.79 Å². The molecule has 1 N–H and O–H groups in total. The number of nitrogens with one attached hydrogen (secondary N) is 1. The summed E-state index contributed by atoms with van der Waals surface area (Å²) in [6.07, 6.45) is 6.46. The van der Waals surface area contributed by atoms with E-state index in [0.717, 1.165) is 11.1 Å². The van der Waals surface area contributed by atoms with E-state index in [1.165, 1.54) is 10.9 Å². The molecule has 3 aromatic heterocycles. The Kier molecular flexibility index (Phi) is 4.65. The van der Waals surface area contributed by atoms with Crippen LogP contribution in [-0.4, -0.2) is 30.6 Å². The van der Waals surface area contributed by atoms with Gasteiger partial charge in [-0.25, -0.2) is 0 Å². The Hall–Kier alpha value is -3.87. The standard InChI is InChI=1S/C20H16N6O/c27-19(17-7-4-10-22-14-17)26-20(23-13-15-5-2-1-3-6-15)24-18(25-26)16-8-11-21-12-9-16/h1-12,14H,13H2,(H,23,24,25). The van der Waals surface area contributed by atoms with Crippen LogP contribution < -0.4 is 5.32 Å². The fourth-order valence-corrected chi connectivity index (χ4v) is 2.58. The minimum Gasteiger partial charge on any atom is -0.350 e. The van der Waals surface area contributed by atoms with Gasteiger partial charge in [-0.15, -0.1) is 5.10 Å². The molecule has 0 aliphatic carbocycles. The number of aromatic nitrogens is 5. The van der Waals surface area contributed by atoms with E-state index in [1.807, 2.05) is 30.3 Å². The summed E-state index contributed by atoms with van der Waals surface area (Å²) in [7, 11) is 0. The van der Waals surface area contributed by atoms with Crippen LogP contribution >= 0.6 is 0 Å². The summed E-state index contributed by atoms with van der Waals surface area (Å²) in [5.74, 6) is 0.524. The van der Waals surface area contributed by atoms with E-state index in [0.29, 0.717) is 23.9 Å². The fourth-order valence-electron chi connectivity index (χ4n) is 2.58. The second-order valence-corrected chi connectivity index (χ2v) is 5.79. The lowest BCUT2D eigenvalue weighted by Crippen LogP contribution is -2.17. The molecule has 0 atom stereocenters. The smallest absolute Gasteiger partial charge is 0.282 e. The molecule has 0 spiro atoms. The second-order valence-electron chi connectivity index (χ2n) is 5.79. The van der Waals surface area contributed by atoms with Crippen molar-refractivity contribution >= 4 is 11.9 Å². The molecular formula is C20H16N6O. The maximum absolute atomic E-state index is 12.9. The fraction of sp³-hybridized carbons (Fsp3) is 0.0500. The molecule has 0 amide bonds. The summed E-state index contributed by atoms with van der Waals surface area (Å²) in [4.78, 5) is 25.4. The van der Waals surface area contributed by atoms with Crippen LogP contribution in [-0.2, 0) is 6.54 Å². The molecule has 7 nitrogen and oxygen atoms in total. The van der Waals surface area contributed by atoms with Crippen molar-refractivity contribution in [2.45, 2.75) is 6.54 Å². The van der Waals surface area contributed by atoms with Gasteiger partial charge in [-0.05, 0) is 29.8 Å². The minimum absolute atomic E-state index is 0.300. The van der Waals surface area contributed by atoms with Gasteiger partial charge in [0.2, 0.25) is 5.95 Å². The first-order valence-corrected chi connectivity index (χ1v) is 8.41. The first kappa shape index (κ1) is 16.6. The third kappa shape index (κ3) is 3.72. The van der Waals surface area contributed by atoms with Crippen LogP contribution in [0.5, 0.6) is 0 Å². The maximum Gasteiger partial charge on any atom is 0.282 e. The summed E-state index contributed by atoms with van der Waals surface area (Å²) in [6.45, 7) is 0.523. The quantitative estimate of drug-likeness (QED) is 0.591. The number of hydrogen-bond donors (Lipinski definition) is 1. The number of anilines is 1. The van der Waals surface area contributed by atoms with Gasteiger partial charge in [0.1, 0.15) is 0 Å². The van der Waals surface area contributed by atoms with Crippen molar-refractivity contribution in [1.29, 1.82) is 0 Å². The minimum atomic E-state index is -0.300. The highest BCUT2D eigenvalue weighted by Gasteiger charge is 2.18.